The van der Waals surface area contributed by atoms with E-state index in [0.717, 1.165) is 25.3 Å². The van der Waals surface area contributed by atoms with Gasteiger partial charge in [-0.3, -0.25) is 9.88 Å². The third-order valence-corrected chi connectivity index (χ3v) is 4.10. The number of piperidine rings is 1. The number of pyridine rings is 1. The van der Waals surface area contributed by atoms with Crippen LogP contribution in [0.2, 0.25) is 0 Å². The minimum atomic E-state index is -1.26. The van der Waals surface area contributed by atoms with Gasteiger partial charge in [-0.15, -0.1) is 0 Å². The van der Waals surface area contributed by atoms with Crippen molar-refractivity contribution in [2.24, 2.45) is 5.92 Å². The molecule has 1 aliphatic rings. The summed E-state index contributed by atoms with van der Waals surface area (Å²) in [5, 5.41) is 19.1. The normalized spacial score (nSPS) is 15.0. The molecule has 1 aromatic heterocycles. The van der Waals surface area contributed by atoms with Crippen LogP contribution in [-0.4, -0.2) is 57.7 Å². The number of aliphatic carboxylic acids is 2. The van der Waals surface area contributed by atoms with Crippen molar-refractivity contribution in [2.75, 3.05) is 19.6 Å². The second kappa shape index (κ2) is 12.2. The van der Waals surface area contributed by atoms with Gasteiger partial charge in [-0.05, 0) is 50.9 Å². The molecule has 2 rings (SSSR count). The number of carboxylic acid groups (broad SMARTS) is 2. The predicted octanol–water partition coefficient (Wildman–Crippen LogP) is 2.31. The van der Waals surface area contributed by atoms with Crippen LogP contribution in [0.1, 0.15) is 38.1 Å². The zero-order chi connectivity index (χ0) is 20.2. The van der Waals surface area contributed by atoms with Crippen molar-refractivity contribution >= 4 is 11.9 Å². The first-order valence-electron chi connectivity index (χ1n) is 9.29. The minimum Gasteiger partial charge on any atom is -0.478 e. The first-order valence-corrected chi connectivity index (χ1v) is 9.29. The summed E-state index contributed by atoms with van der Waals surface area (Å²) in [6.07, 6.45) is 3.64. The number of rotatable bonds is 7. The van der Waals surface area contributed by atoms with Gasteiger partial charge in [-0.1, -0.05) is 19.9 Å². The van der Waals surface area contributed by atoms with Crippen molar-refractivity contribution in [3.8, 4) is 0 Å². The van der Waals surface area contributed by atoms with Crippen molar-refractivity contribution in [3.63, 3.8) is 0 Å². The lowest BCUT2D eigenvalue weighted by Gasteiger charge is -2.35. The molecule has 1 aromatic rings. The molecule has 0 unspecified atom stereocenters. The highest BCUT2D eigenvalue weighted by Gasteiger charge is 2.22. The maximum Gasteiger partial charge on any atom is 0.328 e. The van der Waals surface area contributed by atoms with E-state index in [1.54, 1.807) is 0 Å². The van der Waals surface area contributed by atoms with Crippen LogP contribution in [-0.2, 0) is 16.1 Å². The SMILES string of the molecule is Cc1cccc(CN(CC(C)C)C2CCNCC2)n1.O=C(O)/C=C/C(=O)O. The summed E-state index contributed by atoms with van der Waals surface area (Å²) in [6, 6.07) is 7.06. The van der Waals surface area contributed by atoms with Gasteiger partial charge in [0.15, 0.2) is 0 Å². The van der Waals surface area contributed by atoms with Crippen LogP contribution in [0, 0.1) is 12.8 Å². The Hall–Kier alpha value is -2.25. The molecule has 0 amide bonds. The molecule has 0 aromatic carbocycles. The van der Waals surface area contributed by atoms with E-state index in [2.05, 4.69) is 54.2 Å². The van der Waals surface area contributed by atoms with E-state index in [1.807, 2.05) is 0 Å². The lowest BCUT2D eigenvalue weighted by Crippen LogP contribution is -2.44. The van der Waals surface area contributed by atoms with Crippen LogP contribution >= 0.6 is 0 Å². The van der Waals surface area contributed by atoms with Crippen molar-refractivity contribution in [1.82, 2.24) is 15.2 Å². The van der Waals surface area contributed by atoms with Gasteiger partial charge in [0.05, 0.1) is 5.69 Å². The summed E-state index contributed by atoms with van der Waals surface area (Å²) in [7, 11) is 0. The largest absolute Gasteiger partial charge is 0.478 e. The molecule has 7 heteroatoms. The Morgan fingerprint density at radius 1 is 1.22 bits per heavy atom. The number of aryl methyl sites for hydroxylation is 1. The Labute approximate surface area is 161 Å². The molecule has 1 aliphatic heterocycles. The standard InChI is InChI=1S/C16H27N3.C4H4O4/c1-13(2)11-19(16-7-9-17-10-8-16)12-15-6-4-5-14(3)18-15;5-3(6)1-2-4(7)8/h4-6,13,16-17H,7-12H2,1-3H3;1-2H,(H,5,6)(H,7,8)/b;2-1+. The van der Waals surface area contributed by atoms with Crippen molar-refractivity contribution in [2.45, 2.75) is 46.2 Å². The molecular weight excluding hydrogens is 346 g/mol. The molecule has 1 fully saturated rings. The molecule has 7 nitrogen and oxygen atoms in total. The Morgan fingerprint density at radius 3 is 2.30 bits per heavy atom. The molecule has 0 bridgehead atoms. The van der Waals surface area contributed by atoms with E-state index in [-0.39, 0.29) is 0 Å². The molecule has 1 saturated heterocycles. The number of carboxylic acids is 2. The van der Waals surface area contributed by atoms with Crippen LogP contribution < -0.4 is 5.32 Å². The average molecular weight is 377 g/mol. The maximum atomic E-state index is 9.55. The number of carbonyl (C=O) groups is 2. The smallest absolute Gasteiger partial charge is 0.328 e. The van der Waals surface area contributed by atoms with Crippen molar-refractivity contribution in [1.29, 1.82) is 0 Å². The molecule has 0 aliphatic carbocycles. The zero-order valence-electron chi connectivity index (χ0n) is 16.4. The topological polar surface area (TPSA) is 103 Å². The quantitative estimate of drug-likeness (QED) is 0.627. The fourth-order valence-electron chi connectivity index (χ4n) is 3.02. The fourth-order valence-corrected chi connectivity index (χ4v) is 3.02. The molecule has 150 valence electrons. The molecular formula is C20H31N3O4. The summed E-state index contributed by atoms with van der Waals surface area (Å²) in [4.78, 5) is 26.4. The summed E-state index contributed by atoms with van der Waals surface area (Å²) in [6.45, 7) is 11.1. The van der Waals surface area contributed by atoms with Gasteiger partial charge >= 0.3 is 11.9 Å². The number of nitrogens with one attached hydrogen (secondary N) is 1. The Kier molecular flexibility index (Phi) is 10.3. The van der Waals surface area contributed by atoms with E-state index in [0.29, 0.717) is 24.1 Å². The van der Waals surface area contributed by atoms with Crippen LogP contribution in [0.4, 0.5) is 0 Å². The van der Waals surface area contributed by atoms with E-state index in [4.69, 9.17) is 10.2 Å². The van der Waals surface area contributed by atoms with Crippen LogP contribution in [0.5, 0.6) is 0 Å². The first kappa shape index (κ1) is 22.8. The Morgan fingerprint density at radius 2 is 1.81 bits per heavy atom. The van der Waals surface area contributed by atoms with Crippen molar-refractivity contribution < 1.29 is 19.8 Å². The second-order valence-corrected chi connectivity index (χ2v) is 7.08. The second-order valence-electron chi connectivity index (χ2n) is 7.08. The van der Waals surface area contributed by atoms with Crippen LogP contribution in [0.15, 0.2) is 30.4 Å². The average Bonchev–Trinajstić information content (AvgIpc) is 2.60. The van der Waals surface area contributed by atoms with E-state index in [9.17, 15) is 9.59 Å². The monoisotopic (exact) mass is 377 g/mol. The molecule has 0 saturated carbocycles. The van der Waals surface area contributed by atoms with Gasteiger partial charge in [0, 0.05) is 37.0 Å². The lowest BCUT2D eigenvalue weighted by molar-refractivity contribution is -0.134. The molecule has 3 N–H and O–H groups in total. The van der Waals surface area contributed by atoms with Gasteiger partial charge < -0.3 is 15.5 Å². The zero-order valence-corrected chi connectivity index (χ0v) is 16.4. The fraction of sp³-hybridized carbons (Fsp3) is 0.550. The molecule has 27 heavy (non-hydrogen) atoms. The summed E-state index contributed by atoms with van der Waals surface area (Å²) >= 11 is 0. The number of hydrogen-bond acceptors (Lipinski definition) is 5. The molecule has 0 atom stereocenters. The molecule has 0 radical (unpaired) electrons. The van der Waals surface area contributed by atoms with Gasteiger partial charge in [-0.25, -0.2) is 9.59 Å². The number of nitrogens with zero attached hydrogens (tertiary/aromatic N) is 2. The number of hydrogen-bond donors (Lipinski definition) is 3. The van der Waals surface area contributed by atoms with Gasteiger partial charge in [0.1, 0.15) is 0 Å². The third-order valence-electron chi connectivity index (χ3n) is 4.10. The molecule has 2 heterocycles. The Bertz CT molecular complexity index is 609. The lowest BCUT2D eigenvalue weighted by atomic mass is 10.0. The maximum absolute atomic E-state index is 9.55. The summed E-state index contributed by atoms with van der Waals surface area (Å²) in [5.41, 5.74) is 2.33. The van der Waals surface area contributed by atoms with Gasteiger partial charge in [0.2, 0.25) is 0 Å². The van der Waals surface area contributed by atoms with E-state index >= 15 is 0 Å². The third kappa shape index (κ3) is 10.5. The van der Waals surface area contributed by atoms with Crippen LogP contribution in [0.25, 0.3) is 0 Å². The molecule has 0 spiro atoms. The van der Waals surface area contributed by atoms with Gasteiger partial charge in [0.25, 0.3) is 0 Å². The Balaban J connectivity index is 0.000000387. The number of aromatic nitrogens is 1. The summed E-state index contributed by atoms with van der Waals surface area (Å²) in [5.74, 6) is -1.81. The summed E-state index contributed by atoms with van der Waals surface area (Å²) < 4.78 is 0. The van der Waals surface area contributed by atoms with Gasteiger partial charge in [-0.2, -0.15) is 0 Å². The van der Waals surface area contributed by atoms with Crippen LogP contribution in [0.3, 0.4) is 0 Å². The first-order chi connectivity index (χ1) is 12.8. The highest BCUT2D eigenvalue weighted by Crippen LogP contribution is 2.17. The van der Waals surface area contributed by atoms with E-state index < -0.39 is 11.9 Å². The van der Waals surface area contributed by atoms with E-state index in [1.165, 1.54) is 25.1 Å². The minimum absolute atomic E-state index is 0.558. The highest BCUT2D eigenvalue weighted by molar-refractivity contribution is 5.89. The van der Waals surface area contributed by atoms with Crippen molar-refractivity contribution in [3.05, 3.63) is 41.7 Å². The highest BCUT2D eigenvalue weighted by atomic mass is 16.4. The predicted molar refractivity (Wildman–Crippen MR) is 105 cm³/mol.